The molecule has 1 amide bonds. The SMILES string of the molecule is Cc1cc(Nc2cc3nc(-c4cccc(C(=O)N(C)C)c4)sc3cn2)nc(N2C[C@@H]3C[C@H]2CN3CCOC(C)C)n1. The number of aryl methyl sites for hydroxylation is 1. The van der Waals surface area contributed by atoms with E-state index in [1.165, 1.54) is 0 Å². The van der Waals surface area contributed by atoms with Crippen LogP contribution in [0.1, 0.15) is 36.3 Å². The third-order valence-corrected chi connectivity index (χ3v) is 8.63. The number of pyridine rings is 1. The van der Waals surface area contributed by atoms with E-state index < -0.39 is 0 Å². The third-order valence-electron chi connectivity index (χ3n) is 7.58. The fourth-order valence-electron chi connectivity index (χ4n) is 5.62. The first-order valence-electron chi connectivity index (χ1n) is 14.1. The highest BCUT2D eigenvalue weighted by molar-refractivity contribution is 7.21. The van der Waals surface area contributed by atoms with Gasteiger partial charge in [-0.2, -0.15) is 4.98 Å². The van der Waals surface area contributed by atoms with Crippen molar-refractivity contribution in [2.75, 3.05) is 50.6 Å². The van der Waals surface area contributed by atoms with Crippen molar-refractivity contribution in [3.05, 3.63) is 53.9 Å². The van der Waals surface area contributed by atoms with Gasteiger partial charge in [0.15, 0.2) is 0 Å². The van der Waals surface area contributed by atoms with E-state index >= 15 is 0 Å². The molecule has 2 fully saturated rings. The van der Waals surface area contributed by atoms with Gasteiger partial charge in [0.25, 0.3) is 5.91 Å². The van der Waals surface area contributed by atoms with E-state index in [0.717, 1.165) is 70.9 Å². The molecule has 3 aromatic heterocycles. The number of likely N-dealkylation sites (tertiary alicyclic amines) is 1. The molecule has 2 aliphatic heterocycles. The average molecular weight is 573 g/mol. The number of thiazole rings is 1. The van der Waals surface area contributed by atoms with E-state index in [1.54, 1.807) is 30.3 Å². The van der Waals surface area contributed by atoms with Crippen molar-refractivity contribution in [2.45, 2.75) is 45.4 Å². The maximum Gasteiger partial charge on any atom is 0.253 e. The number of piperazine rings is 1. The topological polar surface area (TPSA) is 99.6 Å². The Morgan fingerprint density at radius 2 is 1.98 bits per heavy atom. The summed E-state index contributed by atoms with van der Waals surface area (Å²) in [5.74, 6) is 2.13. The van der Waals surface area contributed by atoms with Crippen molar-refractivity contribution in [2.24, 2.45) is 0 Å². The monoisotopic (exact) mass is 572 g/mol. The van der Waals surface area contributed by atoms with E-state index in [-0.39, 0.29) is 12.0 Å². The Morgan fingerprint density at radius 1 is 1.12 bits per heavy atom. The van der Waals surface area contributed by atoms with Crippen molar-refractivity contribution < 1.29 is 9.53 Å². The molecule has 10 nitrogen and oxygen atoms in total. The van der Waals surface area contributed by atoms with Crippen molar-refractivity contribution >= 4 is 45.0 Å². The molecule has 2 aliphatic rings. The molecular formula is C30H36N8O2S. The summed E-state index contributed by atoms with van der Waals surface area (Å²) in [5, 5.41) is 4.22. The van der Waals surface area contributed by atoms with Crippen LogP contribution in [0.4, 0.5) is 17.6 Å². The molecule has 4 aromatic rings. The molecular weight excluding hydrogens is 536 g/mol. The Bertz CT molecular complexity index is 1570. The lowest BCUT2D eigenvalue weighted by Gasteiger charge is -2.34. The zero-order valence-electron chi connectivity index (χ0n) is 24.2. The normalized spacial score (nSPS) is 18.5. The lowest BCUT2D eigenvalue weighted by molar-refractivity contribution is 0.0550. The second-order valence-corrected chi connectivity index (χ2v) is 12.3. The maximum absolute atomic E-state index is 12.4. The molecule has 5 heterocycles. The first-order valence-corrected chi connectivity index (χ1v) is 14.9. The van der Waals surface area contributed by atoms with Crippen LogP contribution in [-0.2, 0) is 4.74 Å². The lowest BCUT2D eigenvalue weighted by atomic mass is 10.1. The maximum atomic E-state index is 12.4. The quantitative estimate of drug-likeness (QED) is 0.309. The van der Waals surface area contributed by atoms with Crippen molar-refractivity contribution in [1.82, 2.24) is 29.7 Å². The zero-order chi connectivity index (χ0) is 28.7. The first-order chi connectivity index (χ1) is 19.7. The highest BCUT2D eigenvalue weighted by Gasteiger charge is 2.44. The van der Waals surface area contributed by atoms with Gasteiger partial charge in [0, 0.05) is 81.0 Å². The van der Waals surface area contributed by atoms with Gasteiger partial charge in [-0.25, -0.2) is 15.0 Å². The van der Waals surface area contributed by atoms with Gasteiger partial charge in [0.2, 0.25) is 5.95 Å². The molecule has 1 N–H and O–H groups in total. The molecule has 0 saturated carbocycles. The molecule has 1 aromatic carbocycles. The minimum atomic E-state index is -0.0315. The second-order valence-electron chi connectivity index (χ2n) is 11.3. The number of amides is 1. The summed E-state index contributed by atoms with van der Waals surface area (Å²) in [6.45, 7) is 9.86. The number of hydrogen-bond acceptors (Lipinski definition) is 10. The van der Waals surface area contributed by atoms with E-state index in [4.69, 9.17) is 19.7 Å². The zero-order valence-corrected chi connectivity index (χ0v) is 25.0. The molecule has 0 radical (unpaired) electrons. The fraction of sp³-hybridized carbons (Fsp3) is 0.433. The Balaban J connectivity index is 1.16. The van der Waals surface area contributed by atoms with Crippen LogP contribution in [0.3, 0.4) is 0 Å². The van der Waals surface area contributed by atoms with Gasteiger partial charge in [-0.05, 0) is 39.3 Å². The van der Waals surface area contributed by atoms with Gasteiger partial charge in [-0.15, -0.1) is 11.3 Å². The summed E-state index contributed by atoms with van der Waals surface area (Å²) >= 11 is 1.56. The molecule has 11 heteroatoms. The minimum absolute atomic E-state index is 0.0315. The summed E-state index contributed by atoms with van der Waals surface area (Å²) in [5.41, 5.74) is 3.31. The molecule has 0 aliphatic carbocycles. The highest BCUT2D eigenvalue weighted by atomic mass is 32.1. The van der Waals surface area contributed by atoms with Gasteiger partial charge in [-0.1, -0.05) is 12.1 Å². The number of aromatic nitrogens is 4. The van der Waals surface area contributed by atoms with Crippen LogP contribution >= 0.6 is 11.3 Å². The van der Waals surface area contributed by atoms with Crippen LogP contribution in [0.2, 0.25) is 0 Å². The number of hydrogen-bond donors (Lipinski definition) is 1. The Kier molecular flexibility index (Phi) is 7.58. The first kappa shape index (κ1) is 27.5. The minimum Gasteiger partial charge on any atom is -0.377 e. The molecule has 6 rings (SSSR count). The predicted octanol–water partition coefficient (Wildman–Crippen LogP) is 4.59. The van der Waals surface area contributed by atoms with Gasteiger partial charge in [0.1, 0.15) is 16.6 Å². The summed E-state index contributed by atoms with van der Waals surface area (Å²) in [4.78, 5) is 38.0. The number of carbonyl (C=O) groups is 1. The Labute approximate surface area is 244 Å². The molecule has 41 heavy (non-hydrogen) atoms. The Morgan fingerprint density at radius 3 is 2.73 bits per heavy atom. The van der Waals surface area contributed by atoms with Crippen LogP contribution in [0.15, 0.2) is 42.6 Å². The lowest BCUT2D eigenvalue weighted by Crippen LogP contribution is -2.48. The van der Waals surface area contributed by atoms with Crippen molar-refractivity contribution in [3.8, 4) is 10.6 Å². The smallest absolute Gasteiger partial charge is 0.253 e. The molecule has 2 bridgehead atoms. The van der Waals surface area contributed by atoms with Crippen LogP contribution in [-0.4, -0.2) is 94.2 Å². The summed E-state index contributed by atoms with van der Waals surface area (Å²) in [6, 6.07) is 12.4. The van der Waals surface area contributed by atoms with Crippen LogP contribution < -0.4 is 10.2 Å². The van der Waals surface area contributed by atoms with Crippen molar-refractivity contribution in [3.63, 3.8) is 0 Å². The average Bonchev–Trinajstić information content (AvgIpc) is 3.66. The van der Waals surface area contributed by atoms with Gasteiger partial charge >= 0.3 is 0 Å². The standard InChI is InChI=1S/C30H36N8O2S/c1-18(2)40-10-9-37-16-23-13-22(37)17-38(23)30-32-19(3)11-27(35-30)34-26-14-24-25(15-31-26)41-28(33-24)20-7-6-8-21(12-20)29(39)36(4)5/h6-8,11-12,14-15,18,22-23H,9-10,13,16-17H2,1-5H3,(H,31,32,34,35)/t22-,23-/m0/s1. The number of ether oxygens (including phenoxy) is 1. The van der Waals surface area contributed by atoms with Crippen LogP contribution in [0, 0.1) is 6.92 Å². The van der Waals surface area contributed by atoms with Crippen LogP contribution in [0.5, 0.6) is 0 Å². The number of anilines is 3. The largest absolute Gasteiger partial charge is 0.377 e. The number of carbonyl (C=O) groups excluding carboxylic acids is 1. The number of nitrogens with zero attached hydrogens (tertiary/aromatic N) is 7. The summed E-state index contributed by atoms with van der Waals surface area (Å²) in [6.07, 6.45) is 3.24. The molecule has 214 valence electrons. The second kappa shape index (κ2) is 11.3. The number of rotatable bonds is 9. The number of benzene rings is 1. The molecule has 2 saturated heterocycles. The van der Waals surface area contributed by atoms with Crippen LogP contribution in [0.25, 0.3) is 20.8 Å². The van der Waals surface area contributed by atoms with E-state index in [9.17, 15) is 4.79 Å². The Hall–Kier alpha value is -3.67. The van der Waals surface area contributed by atoms with Gasteiger partial charge in [-0.3, -0.25) is 9.69 Å². The third kappa shape index (κ3) is 5.88. The highest BCUT2D eigenvalue weighted by Crippen LogP contribution is 2.34. The predicted molar refractivity (Wildman–Crippen MR) is 163 cm³/mol. The summed E-state index contributed by atoms with van der Waals surface area (Å²) in [7, 11) is 3.51. The van der Waals surface area contributed by atoms with E-state index in [2.05, 4.69) is 33.9 Å². The van der Waals surface area contributed by atoms with E-state index in [0.29, 0.717) is 23.5 Å². The van der Waals surface area contributed by atoms with Gasteiger partial charge in [0.05, 0.1) is 22.9 Å². The molecule has 0 unspecified atom stereocenters. The number of fused-ring (bicyclic) bond motifs is 3. The number of nitrogens with one attached hydrogen (secondary N) is 1. The molecule has 2 atom stereocenters. The van der Waals surface area contributed by atoms with E-state index in [1.807, 2.05) is 49.5 Å². The fourth-order valence-corrected chi connectivity index (χ4v) is 6.53. The molecule has 0 spiro atoms. The van der Waals surface area contributed by atoms with Crippen molar-refractivity contribution in [1.29, 1.82) is 0 Å². The summed E-state index contributed by atoms with van der Waals surface area (Å²) < 4.78 is 6.75. The van der Waals surface area contributed by atoms with Gasteiger partial charge < -0.3 is 19.9 Å².